The highest BCUT2D eigenvalue weighted by molar-refractivity contribution is 5.96. The van der Waals surface area contributed by atoms with Gasteiger partial charge in [-0.15, -0.1) is 0 Å². The van der Waals surface area contributed by atoms with Crippen LogP contribution in [0, 0.1) is 5.82 Å². The van der Waals surface area contributed by atoms with Crippen LogP contribution in [0.25, 0.3) is 0 Å². The molecule has 0 amide bonds. The van der Waals surface area contributed by atoms with Gasteiger partial charge in [0.05, 0.1) is 0 Å². The molecule has 0 saturated carbocycles. The largest absolute Gasteiger partial charge is 0.303 e. The quantitative estimate of drug-likeness (QED) is 0.444. The van der Waals surface area contributed by atoms with Crippen molar-refractivity contribution in [3.05, 3.63) is 35.6 Å². The van der Waals surface area contributed by atoms with E-state index in [1.807, 2.05) is 0 Å². The van der Waals surface area contributed by atoms with E-state index in [1.165, 1.54) is 30.7 Å². The van der Waals surface area contributed by atoms with Crippen LogP contribution in [0.2, 0.25) is 0 Å². The van der Waals surface area contributed by atoms with Crippen molar-refractivity contribution < 1.29 is 14.0 Å². The lowest BCUT2D eigenvalue weighted by molar-refractivity contribution is -0.107. The SMILES string of the molecule is CCC.O=CCCCC(=O)c1ccc(F)cc1. The summed E-state index contributed by atoms with van der Waals surface area (Å²) in [5, 5.41) is 0. The lowest BCUT2D eigenvalue weighted by Gasteiger charge is -1.98. The molecule has 1 rings (SSSR count). The zero-order valence-electron chi connectivity index (χ0n) is 10.4. The van der Waals surface area contributed by atoms with E-state index in [2.05, 4.69) is 13.8 Å². The molecule has 0 N–H and O–H groups in total. The minimum atomic E-state index is -0.352. The predicted octanol–water partition coefficient (Wildman–Crippen LogP) is 3.79. The van der Waals surface area contributed by atoms with E-state index < -0.39 is 0 Å². The molecule has 0 aliphatic heterocycles. The first kappa shape index (κ1) is 15.5. The fourth-order valence-corrected chi connectivity index (χ4v) is 1.13. The molecule has 1 aromatic carbocycles. The number of hydrogen-bond donors (Lipinski definition) is 0. The van der Waals surface area contributed by atoms with Crippen LogP contribution in [-0.4, -0.2) is 12.1 Å². The van der Waals surface area contributed by atoms with Crippen molar-refractivity contribution in [3.8, 4) is 0 Å². The topological polar surface area (TPSA) is 34.1 Å². The summed E-state index contributed by atoms with van der Waals surface area (Å²) < 4.78 is 12.5. The van der Waals surface area contributed by atoms with Gasteiger partial charge in [0, 0.05) is 18.4 Å². The number of ketones is 1. The number of halogens is 1. The van der Waals surface area contributed by atoms with Gasteiger partial charge in [0.15, 0.2) is 5.78 Å². The van der Waals surface area contributed by atoms with Gasteiger partial charge in [-0.3, -0.25) is 4.79 Å². The Morgan fingerprint density at radius 1 is 1.24 bits per heavy atom. The molecule has 0 saturated heterocycles. The van der Waals surface area contributed by atoms with Gasteiger partial charge >= 0.3 is 0 Å². The van der Waals surface area contributed by atoms with Crippen LogP contribution in [-0.2, 0) is 4.79 Å². The van der Waals surface area contributed by atoms with Gasteiger partial charge in [0.2, 0.25) is 0 Å². The van der Waals surface area contributed by atoms with E-state index in [0.29, 0.717) is 24.8 Å². The van der Waals surface area contributed by atoms with Gasteiger partial charge in [-0.2, -0.15) is 0 Å². The second-order valence-corrected chi connectivity index (χ2v) is 3.70. The Morgan fingerprint density at radius 2 is 1.76 bits per heavy atom. The molecule has 0 unspecified atom stereocenters. The van der Waals surface area contributed by atoms with Crippen LogP contribution < -0.4 is 0 Å². The monoisotopic (exact) mass is 238 g/mol. The summed E-state index contributed by atoms with van der Waals surface area (Å²) in [7, 11) is 0. The fourth-order valence-electron chi connectivity index (χ4n) is 1.13. The van der Waals surface area contributed by atoms with Gasteiger partial charge in [-0.05, 0) is 30.7 Å². The zero-order valence-corrected chi connectivity index (χ0v) is 10.4. The number of benzene rings is 1. The molecule has 0 radical (unpaired) electrons. The molecule has 0 spiro atoms. The summed E-state index contributed by atoms with van der Waals surface area (Å²) >= 11 is 0. The van der Waals surface area contributed by atoms with E-state index in [-0.39, 0.29) is 11.6 Å². The van der Waals surface area contributed by atoms with Gasteiger partial charge in [-0.1, -0.05) is 20.3 Å². The first-order valence-electron chi connectivity index (χ1n) is 5.88. The summed E-state index contributed by atoms with van der Waals surface area (Å²) in [4.78, 5) is 21.4. The second-order valence-electron chi connectivity index (χ2n) is 3.70. The first-order chi connectivity index (χ1) is 8.15. The lowest BCUT2D eigenvalue weighted by atomic mass is 10.1. The molecule has 0 aliphatic rings. The molecule has 1 aromatic rings. The van der Waals surface area contributed by atoms with Crippen LogP contribution in [0.15, 0.2) is 24.3 Å². The number of carbonyl (C=O) groups excluding carboxylic acids is 2. The molecule has 3 heteroatoms. The molecule has 0 bridgehead atoms. The van der Waals surface area contributed by atoms with E-state index >= 15 is 0 Å². The van der Waals surface area contributed by atoms with E-state index in [4.69, 9.17) is 0 Å². The molecular weight excluding hydrogens is 219 g/mol. The molecule has 17 heavy (non-hydrogen) atoms. The third kappa shape index (κ3) is 7.39. The summed E-state index contributed by atoms with van der Waals surface area (Å²) in [5.74, 6) is -0.402. The van der Waals surface area contributed by atoms with E-state index in [9.17, 15) is 14.0 Å². The van der Waals surface area contributed by atoms with Crippen molar-refractivity contribution in [1.29, 1.82) is 0 Å². The Hall–Kier alpha value is -1.51. The maximum Gasteiger partial charge on any atom is 0.162 e. The maximum absolute atomic E-state index is 12.5. The zero-order chi connectivity index (χ0) is 13.1. The number of rotatable bonds is 5. The van der Waals surface area contributed by atoms with Crippen LogP contribution in [0.4, 0.5) is 4.39 Å². The van der Waals surface area contributed by atoms with E-state index in [0.717, 1.165) is 6.29 Å². The van der Waals surface area contributed by atoms with Gasteiger partial charge in [0.25, 0.3) is 0 Å². The molecule has 2 nitrogen and oxygen atoms in total. The molecule has 0 heterocycles. The lowest BCUT2D eigenvalue weighted by Crippen LogP contribution is -1.98. The highest BCUT2D eigenvalue weighted by Gasteiger charge is 2.04. The van der Waals surface area contributed by atoms with Gasteiger partial charge in [-0.25, -0.2) is 4.39 Å². The van der Waals surface area contributed by atoms with E-state index in [1.54, 1.807) is 0 Å². The first-order valence-corrected chi connectivity index (χ1v) is 5.88. The Labute approximate surface area is 102 Å². The minimum absolute atomic E-state index is 0.0492. The molecule has 0 aromatic heterocycles. The van der Waals surface area contributed by atoms with Crippen molar-refractivity contribution in [1.82, 2.24) is 0 Å². The summed E-state index contributed by atoms with van der Waals surface area (Å²) in [6.07, 6.45) is 3.33. The van der Waals surface area contributed by atoms with Crippen molar-refractivity contribution in [2.24, 2.45) is 0 Å². The Kier molecular flexibility index (Phi) is 8.84. The number of unbranched alkanes of at least 4 members (excludes halogenated alkanes) is 1. The van der Waals surface area contributed by atoms with Crippen LogP contribution in [0.1, 0.15) is 49.9 Å². The van der Waals surface area contributed by atoms with Crippen LogP contribution in [0.5, 0.6) is 0 Å². The van der Waals surface area contributed by atoms with Crippen LogP contribution >= 0.6 is 0 Å². The average Bonchev–Trinajstić information content (AvgIpc) is 2.31. The van der Waals surface area contributed by atoms with Gasteiger partial charge in [0.1, 0.15) is 12.1 Å². The third-order valence-corrected chi connectivity index (χ3v) is 1.89. The highest BCUT2D eigenvalue weighted by Crippen LogP contribution is 2.07. The van der Waals surface area contributed by atoms with Crippen molar-refractivity contribution in [2.45, 2.75) is 39.5 Å². The number of aldehydes is 1. The Morgan fingerprint density at radius 3 is 2.24 bits per heavy atom. The third-order valence-electron chi connectivity index (χ3n) is 1.89. The molecule has 0 fully saturated rings. The average molecular weight is 238 g/mol. The van der Waals surface area contributed by atoms with Crippen LogP contribution in [0.3, 0.4) is 0 Å². The van der Waals surface area contributed by atoms with Crippen molar-refractivity contribution >= 4 is 12.1 Å². The summed E-state index contributed by atoms with van der Waals surface area (Å²) in [5.41, 5.74) is 0.497. The summed E-state index contributed by atoms with van der Waals surface area (Å²) in [6.45, 7) is 4.25. The molecule has 0 aliphatic carbocycles. The molecule has 94 valence electrons. The second kappa shape index (κ2) is 9.70. The fraction of sp³-hybridized carbons (Fsp3) is 0.429. The standard InChI is InChI=1S/C11H11FO2.C3H8/c12-10-6-4-9(5-7-10)11(14)3-1-2-8-13;1-3-2/h4-8H,1-3H2;3H2,1-2H3. The normalized spacial score (nSPS) is 9.12. The van der Waals surface area contributed by atoms with Gasteiger partial charge < -0.3 is 4.79 Å². The Balaban J connectivity index is 0.000000770. The number of carbonyl (C=O) groups is 2. The van der Waals surface area contributed by atoms with Crippen molar-refractivity contribution in [3.63, 3.8) is 0 Å². The predicted molar refractivity (Wildman–Crippen MR) is 66.6 cm³/mol. The smallest absolute Gasteiger partial charge is 0.162 e. The highest BCUT2D eigenvalue weighted by atomic mass is 19.1. The number of hydrogen-bond acceptors (Lipinski definition) is 2. The molecule has 0 atom stereocenters. The minimum Gasteiger partial charge on any atom is -0.303 e. The summed E-state index contributed by atoms with van der Waals surface area (Å²) in [6, 6.07) is 5.43. The number of Topliss-reactive ketones (excluding diaryl/α,β-unsaturated/α-hetero) is 1. The maximum atomic E-state index is 12.5. The van der Waals surface area contributed by atoms with Crippen molar-refractivity contribution in [2.75, 3.05) is 0 Å². The molecular formula is C14H19FO2. The Bertz CT molecular complexity index is 331.